The number of hydrogen-bond donors (Lipinski definition) is 1. The maximum Gasteiger partial charge on any atom is 0.408 e. The zero-order valence-electron chi connectivity index (χ0n) is 17.9. The van der Waals surface area contributed by atoms with Crippen molar-refractivity contribution in [3.8, 4) is 0 Å². The number of carbonyl (C=O) groups is 3. The monoisotopic (exact) mass is 381 g/mol. The zero-order chi connectivity index (χ0) is 21.5. The average Bonchev–Trinajstić information content (AvgIpc) is 2.50. The van der Waals surface area contributed by atoms with Crippen LogP contribution in [0.3, 0.4) is 0 Å². The lowest BCUT2D eigenvalue weighted by atomic mass is 10.2. The van der Waals surface area contributed by atoms with E-state index < -0.39 is 11.7 Å². The highest BCUT2D eigenvalue weighted by Gasteiger charge is 2.15. The Kier molecular flexibility index (Phi) is 14.7. The van der Waals surface area contributed by atoms with Gasteiger partial charge in [-0.3, -0.25) is 9.59 Å². The molecule has 0 spiro atoms. The maximum atomic E-state index is 10.9. The van der Waals surface area contributed by atoms with Gasteiger partial charge in [-0.05, 0) is 39.2 Å². The van der Waals surface area contributed by atoms with Gasteiger partial charge in [0.25, 0.3) is 0 Å². The Morgan fingerprint density at radius 3 is 1.85 bits per heavy atom. The number of benzene rings is 1. The minimum absolute atomic E-state index is 0.0227. The zero-order valence-corrected chi connectivity index (χ0v) is 17.9. The first-order valence-electron chi connectivity index (χ1n) is 8.97. The van der Waals surface area contributed by atoms with Gasteiger partial charge >= 0.3 is 12.1 Å². The van der Waals surface area contributed by atoms with E-state index in [1.807, 2.05) is 30.3 Å². The van der Waals surface area contributed by atoms with Gasteiger partial charge < -0.3 is 14.8 Å². The predicted octanol–water partition coefficient (Wildman–Crippen LogP) is 4.51. The minimum atomic E-state index is -0.558. The number of Topliss-reactive ketones (excluding diaryl/α,β-unsaturated/α-hetero) is 1. The summed E-state index contributed by atoms with van der Waals surface area (Å²) in [6.07, 6.45) is -0.558. The highest BCUT2D eigenvalue weighted by Crippen LogP contribution is 2.06. The predicted molar refractivity (Wildman–Crippen MR) is 107 cm³/mol. The van der Waals surface area contributed by atoms with Gasteiger partial charge in [0.1, 0.15) is 18.0 Å². The number of ketones is 1. The van der Waals surface area contributed by atoms with Gasteiger partial charge in [0.2, 0.25) is 0 Å². The Morgan fingerprint density at radius 1 is 1.00 bits per heavy atom. The minimum Gasteiger partial charge on any atom is -0.461 e. The lowest BCUT2D eigenvalue weighted by Crippen LogP contribution is -2.34. The number of esters is 1. The molecular formula is C21H35NO5. The average molecular weight is 382 g/mol. The SMILES string of the molecule is CC(=O)CNC(=O)OC(C)(C)C.CC(=O)OCc1ccccc1.CC(C)C. The molecule has 0 bridgehead atoms. The fraction of sp³-hybridized carbons (Fsp3) is 0.571. The summed E-state index contributed by atoms with van der Waals surface area (Å²) >= 11 is 0. The second-order valence-electron chi connectivity index (χ2n) is 7.56. The molecule has 0 aliphatic rings. The molecule has 1 rings (SSSR count). The van der Waals surface area contributed by atoms with Crippen molar-refractivity contribution in [2.24, 2.45) is 5.92 Å². The van der Waals surface area contributed by atoms with E-state index in [0.717, 1.165) is 11.5 Å². The molecule has 27 heavy (non-hydrogen) atoms. The number of carbonyl (C=O) groups excluding carboxylic acids is 3. The van der Waals surface area contributed by atoms with Crippen LogP contribution in [0.25, 0.3) is 0 Å². The lowest BCUT2D eigenvalue weighted by molar-refractivity contribution is -0.142. The van der Waals surface area contributed by atoms with Crippen molar-refractivity contribution >= 4 is 17.8 Å². The topological polar surface area (TPSA) is 81.7 Å². The molecule has 0 atom stereocenters. The van der Waals surface area contributed by atoms with Crippen LogP contribution in [0.15, 0.2) is 30.3 Å². The first-order chi connectivity index (χ1) is 12.3. The van der Waals surface area contributed by atoms with Gasteiger partial charge in [-0.15, -0.1) is 0 Å². The van der Waals surface area contributed by atoms with Crippen molar-refractivity contribution in [3.05, 3.63) is 35.9 Å². The summed E-state index contributed by atoms with van der Waals surface area (Å²) in [6, 6.07) is 9.60. The van der Waals surface area contributed by atoms with E-state index in [2.05, 4.69) is 26.1 Å². The third kappa shape index (κ3) is 26.0. The fourth-order valence-electron chi connectivity index (χ4n) is 1.27. The third-order valence-corrected chi connectivity index (χ3v) is 2.17. The molecular weight excluding hydrogens is 346 g/mol. The van der Waals surface area contributed by atoms with Gasteiger partial charge in [-0.25, -0.2) is 4.79 Å². The van der Waals surface area contributed by atoms with E-state index in [1.165, 1.54) is 13.8 Å². The number of rotatable bonds is 4. The molecule has 1 aromatic rings. The van der Waals surface area contributed by atoms with Crippen LogP contribution in [0.2, 0.25) is 0 Å². The molecule has 0 aliphatic heterocycles. The van der Waals surface area contributed by atoms with Crippen molar-refractivity contribution in [2.75, 3.05) is 6.54 Å². The number of nitrogens with one attached hydrogen (secondary N) is 1. The van der Waals surface area contributed by atoms with Crippen molar-refractivity contribution in [2.45, 2.75) is 67.6 Å². The summed E-state index contributed by atoms with van der Waals surface area (Å²) in [4.78, 5) is 31.7. The van der Waals surface area contributed by atoms with Crippen LogP contribution in [0.5, 0.6) is 0 Å². The van der Waals surface area contributed by atoms with Crippen LogP contribution in [-0.4, -0.2) is 30.0 Å². The second-order valence-corrected chi connectivity index (χ2v) is 7.56. The van der Waals surface area contributed by atoms with Gasteiger partial charge in [0.15, 0.2) is 0 Å². The highest BCUT2D eigenvalue weighted by atomic mass is 16.6. The molecule has 6 nitrogen and oxygen atoms in total. The van der Waals surface area contributed by atoms with Crippen LogP contribution in [0, 0.1) is 5.92 Å². The molecule has 0 saturated heterocycles. The normalized spacial score (nSPS) is 9.81. The molecule has 0 aromatic heterocycles. The largest absolute Gasteiger partial charge is 0.461 e. The molecule has 6 heteroatoms. The maximum absolute atomic E-state index is 10.9. The number of amides is 1. The summed E-state index contributed by atoms with van der Waals surface area (Å²) in [6.45, 7) is 15.0. The second kappa shape index (κ2) is 14.8. The Morgan fingerprint density at radius 2 is 1.48 bits per heavy atom. The summed E-state index contributed by atoms with van der Waals surface area (Å²) in [5, 5.41) is 2.33. The van der Waals surface area contributed by atoms with E-state index in [4.69, 9.17) is 9.47 Å². The van der Waals surface area contributed by atoms with Gasteiger partial charge in [0.05, 0.1) is 6.54 Å². The van der Waals surface area contributed by atoms with Gasteiger partial charge in [0, 0.05) is 6.92 Å². The molecule has 0 fully saturated rings. The van der Waals surface area contributed by atoms with Gasteiger partial charge in [-0.2, -0.15) is 0 Å². The first kappa shape index (κ1) is 26.9. The number of hydrogen-bond acceptors (Lipinski definition) is 5. The number of alkyl carbamates (subject to hydrolysis) is 1. The Balaban J connectivity index is 0. The molecule has 0 unspecified atom stereocenters. The molecule has 1 N–H and O–H groups in total. The van der Waals surface area contributed by atoms with Crippen LogP contribution >= 0.6 is 0 Å². The van der Waals surface area contributed by atoms with Gasteiger partial charge in [-0.1, -0.05) is 51.1 Å². The molecule has 0 aliphatic carbocycles. The quantitative estimate of drug-likeness (QED) is 0.776. The van der Waals surface area contributed by atoms with Crippen LogP contribution in [0.1, 0.15) is 61.0 Å². The molecule has 0 radical (unpaired) electrons. The van der Waals surface area contributed by atoms with E-state index in [1.54, 1.807) is 20.8 Å². The molecule has 1 aromatic carbocycles. The van der Waals surface area contributed by atoms with Crippen molar-refractivity contribution < 1.29 is 23.9 Å². The summed E-state index contributed by atoms with van der Waals surface area (Å²) < 4.78 is 9.67. The van der Waals surface area contributed by atoms with E-state index in [9.17, 15) is 14.4 Å². The van der Waals surface area contributed by atoms with Crippen molar-refractivity contribution in [3.63, 3.8) is 0 Å². The highest BCUT2D eigenvalue weighted by molar-refractivity contribution is 5.81. The Hall–Kier alpha value is -2.37. The van der Waals surface area contributed by atoms with E-state index in [0.29, 0.717) is 6.61 Å². The van der Waals surface area contributed by atoms with Crippen molar-refractivity contribution in [1.82, 2.24) is 5.32 Å². The molecule has 154 valence electrons. The fourth-order valence-corrected chi connectivity index (χ4v) is 1.27. The number of ether oxygens (including phenoxy) is 2. The van der Waals surface area contributed by atoms with Crippen LogP contribution < -0.4 is 5.32 Å². The summed E-state index contributed by atoms with van der Waals surface area (Å²) in [5.74, 6) is 0.495. The summed E-state index contributed by atoms with van der Waals surface area (Å²) in [5.41, 5.74) is 0.503. The third-order valence-electron chi connectivity index (χ3n) is 2.17. The van der Waals surface area contributed by atoms with Crippen molar-refractivity contribution in [1.29, 1.82) is 0 Å². The van der Waals surface area contributed by atoms with Crippen LogP contribution in [0.4, 0.5) is 4.79 Å². The van der Waals surface area contributed by atoms with Crippen LogP contribution in [-0.2, 0) is 25.7 Å². The Labute approximate surface area is 163 Å². The van der Waals surface area contributed by atoms with E-state index in [-0.39, 0.29) is 18.3 Å². The van der Waals surface area contributed by atoms with E-state index >= 15 is 0 Å². The lowest BCUT2D eigenvalue weighted by Gasteiger charge is -2.19. The standard InChI is InChI=1S/C9H10O2.C8H15NO3.C4H10/c1-8(10)11-7-9-5-3-2-4-6-9;1-6(10)5-9-7(11)12-8(2,3)4;1-4(2)3/h2-6H,7H2,1H3;5H2,1-4H3,(H,9,11);4H,1-3H3. The molecule has 1 amide bonds. The smallest absolute Gasteiger partial charge is 0.408 e. The molecule has 0 heterocycles. The molecule has 0 saturated carbocycles. The summed E-state index contributed by atoms with van der Waals surface area (Å²) in [7, 11) is 0. The first-order valence-corrected chi connectivity index (χ1v) is 8.97. The Bertz CT molecular complexity index is 545.